The van der Waals surface area contributed by atoms with Gasteiger partial charge in [-0.3, -0.25) is 4.79 Å². The van der Waals surface area contributed by atoms with E-state index in [9.17, 15) is 4.79 Å². The monoisotopic (exact) mass is 189 g/mol. The van der Waals surface area contributed by atoms with Gasteiger partial charge in [-0.1, -0.05) is 0 Å². The standard InChI is InChI=1S/C9H19NO3/c1-8(2,7(11)12)5-13-6-9(3,4)10/h5-6,10H2,1-4H3,(H,11,12). The third kappa shape index (κ3) is 5.60. The lowest BCUT2D eigenvalue weighted by molar-refractivity contribution is -0.150. The van der Waals surface area contributed by atoms with Gasteiger partial charge in [0.1, 0.15) is 0 Å². The predicted octanol–water partition coefficient (Wildman–Crippen LogP) is 0.851. The summed E-state index contributed by atoms with van der Waals surface area (Å²) in [7, 11) is 0. The molecule has 13 heavy (non-hydrogen) atoms. The molecule has 0 bridgehead atoms. The fourth-order valence-electron chi connectivity index (χ4n) is 0.631. The minimum Gasteiger partial charge on any atom is -0.481 e. The summed E-state index contributed by atoms with van der Waals surface area (Å²) < 4.78 is 5.22. The average Bonchev–Trinajstić information content (AvgIpc) is 1.82. The first-order chi connectivity index (χ1) is 5.65. The number of aliphatic carboxylic acids is 1. The molecular formula is C9H19NO3. The highest BCUT2D eigenvalue weighted by Crippen LogP contribution is 2.15. The van der Waals surface area contributed by atoms with E-state index in [1.807, 2.05) is 13.8 Å². The quantitative estimate of drug-likeness (QED) is 0.672. The van der Waals surface area contributed by atoms with Crippen LogP contribution in [0, 0.1) is 5.41 Å². The molecule has 4 heteroatoms. The highest BCUT2D eigenvalue weighted by atomic mass is 16.5. The maximum Gasteiger partial charge on any atom is 0.311 e. The normalized spacial score (nSPS) is 13.0. The van der Waals surface area contributed by atoms with Gasteiger partial charge in [0.05, 0.1) is 18.6 Å². The van der Waals surface area contributed by atoms with Crippen molar-refractivity contribution < 1.29 is 14.6 Å². The van der Waals surface area contributed by atoms with Crippen LogP contribution in [0.2, 0.25) is 0 Å². The molecule has 0 spiro atoms. The molecule has 0 aliphatic rings. The van der Waals surface area contributed by atoms with Gasteiger partial charge in [-0.05, 0) is 27.7 Å². The fourth-order valence-corrected chi connectivity index (χ4v) is 0.631. The third-order valence-electron chi connectivity index (χ3n) is 1.52. The zero-order valence-electron chi connectivity index (χ0n) is 8.76. The van der Waals surface area contributed by atoms with Crippen molar-refractivity contribution >= 4 is 5.97 Å². The Kier molecular flexibility index (Phi) is 3.88. The van der Waals surface area contributed by atoms with Crippen molar-refractivity contribution in [2.75, 3.05) is 13.2 Å². The lowest BCUT2D eigenvalue weighted by atomic mass is 9.95. The minimum absolute atomic E-state index is 0.183. The molecule has 0 aromatic rings. The molecule has 0 saturated carbocycles. The second kappa shape index (κ2) is 4.07. The number of carbonyl (C=O) groups is 1. The van der Waals surface area contributed by atoms with Gasteiger partial charge in [0.25, 0.3) is 0 Å². The highest BCUT2D eigenvalue weighted by molar-refractivity contribution is 5.73. The number of rotatable bonds is 5. The Morgan fingerprint density at radius 3 is 2.08 bits per heavy atom. The Balaban J connectivity index is 3.84. The van der Waals surface area contributed by atoms with Crippen molar-refractivity contribution in [2.24, 2.45) is 11.1 Å². The number of nitrogens with two attached hydrogens (primary N) is 1. The van der Waals surface area contributed by atoms with E-state index in [2.05, 4.69) is 0 Å². The first-order valence-electron chi connectivity index (χ1n) is 4.25. The van der Waals surface area contributed by atoms with Crippen molar-refractivity contribution in [3.63, 3.8) is 0 Å². The fraction of sp³-hybridized carbons (Fsp3) is 0.889. The van der Waals surface area contributed by atoms with Crippen molar-refractivity contribution in [3.8, 4) is 0 Å². The van der Waals surface area contributed by atoms with Crippen LogP contribution in [0.3, 0.4) is 0 Å². The summed E-state index contributed by atoms with van der Waals surface area (Å²) in [4.78, 5) is 10.7. The van der Waals surface area contributed by atoms with Gasteiger partial charge in [-0.2, -0.15) is 0 Å². The summed E-state index contributed by atoms with van der Waals surface area (Å²) in [5.74, 6) is -0.859. The molecule has 78 valence electrons. The maximum absolute atomic E-state index is 10.7. The predicted molar refractivity (Wildman–Crippen MR) is 50.5 cm³/mol. The Bertz CT molecular complexity index is 182. The molecule has 0 saturated heterocycles. The second-order valence-electron chi connectivity index (χ2n) is 4.67. The zero-order valence-corrected chi connectivity index (χ0v) is 8.76. The summed E-state index contributed by atoms with van der Waals surface area (Å²) in [5.41, 5.74) is 4.42. The largest absolute Gasteiger partial charge is 0.481 e. The van der Waals surface area contributed by atoms with Crippen molar-refractivity contribution in [1.82, 2.24) is 0 Å². The lowest BCUT2D eigenvalue weighted by Gasteiger charge is -2.23. The van der Waals surface area contributed by atoms with E-state index >= 15 is 0 Å². The van der Waals surface area contributed by atoms with E-state index in [0.717, 1.165) is 0 Å². The van der Waals surface area contributed by atoms with Gasteiger partial charge >= 0.3 is 5.97 Å². The van der Waals surface area contributed by atoms with Gasteiger partial charge in [-0.15, -0.1) is 0 Å². The van der Waals surface area contributed by atoms with Crippen LogP contribution in [0.25, 0.3) is 0 Å². The molecule has 0 unspecified atom stereocenters. The van der Waals surface area contributed by atoms with E-state index in [0.29, 0.717) is 6.61 Å². The topological polar surface area (TPSA) is 72.5 Å². The van der Waals surface area contributed by atoms with Crippen LogP contribution in [0.4, 0.5) is 0 Å². The Hall–Kier alpha value is -0.610. The van der Waals surface area contributed by atoms with Gasteiger partial charge in [-0.25, -0.2) is 0 Å². The van der Waals surface area contributed by atoms with Crippen molar-refractivity contribution in [3.05, 3.63) is 0 Å². The summed E-state index contributed by atoms with van der Waals surface area (Å²) in [5, 5.41) is 8.76. The summed E-state index contributed by atoms with van der Waals surface area (Å²) in [6.45, 7) is 7.46. The number of ether oxygens (including phenoxy) is 1. The van der Waals surface area contributed by atoms with Crippen LogP contribution in [0.1, 0.15) is 27.7 Å². The summed E-state index contributed by atoms with van der Waals surface area (Å²) in [6, 6.07) is 0. The SMILES string of the molecule is CC(C)(N)COCC(C)(C)C(=O)O. The van der Waals surface area contributed by atoms with E-state index in [4.69, 9.17) is 15.6 Å². The third-order valence-corrected chi connectivity index (χ3v) is 1.52. The van der Waals surface area contributed by atoms with E-state index < -0.39 is 16.9 Å². The molecule has 0 fully saturated rings. The van der Waals surface area contributed by atoms with Crippen LogP contribution in [0.15, 0.2) is 0 Å². The molecule has 0 aromatic heterocycles. The van der Waals surface area contributed by atoms with Gasteiger partial charge in [0.2, 0.25) is 0 Å². The minimum atomic E-state index is -0.859. The van der Waals surface area contributed by atoms with Crippen molar-refractivity contribution in [1.29, 1.82) is 0 Å². The second-order valence-corrected chi connectivity index (χ2v) is 4.67. The molecule has 0 amide bonds. The Morgan fingerprint density at radius 1 is 1.31 bits per heavy atom. The van der Waals surface area contributed by atoms with Crippen LogP contribution >= 0.6 is 0 Å². The Morgan fingerprint density at radius 2 is 1.77 bits per heavy atom. The number of hydrogen-bond acceptors (Lipinski definition) is 3. The van der Waals surface area contributed by atoms with Crippen LogP contribution in [0.5, 0.6) is 0 Å². The summed E-state index contributed by atoms with van der Waals surface area (Å²) >= 11 is 0. The highest BCUT2D eigenvalue weighted by Gasteiger charge is 2.28. The Labute approximate surface area is 79.1 Å². The molecular weight excluding hydrogens is 170 g/mol. The maximum atomic E-state index is 10.7. The van der Waals surface area contributed by atoms with Crippen molar-refractivity contribution in [2.45, 2.75) is 33.2 Å². The molecule has 0 radical (unpaired) electrons. The average molecular weight is 189 g/mol. The van der Waals surface area contributed by atoms with Crippen LogP contribution < -0.4 is 5.73 Å². The first kappa shape index (κ1) is 12.4. The van der Waals surface area contributed by atoms with Gasteiger partial charge in [0.15, 0.2) is 0 Å². The summed E-state index contributed by atoms with van der Waals surface area (Å²) in [6.07, 6.45) is 0. The smallest absolute Gasteiger partial charge is 0.311 e. The molecule has 0 aliphatic carbocycles. The molecule has 3 N–H and O–H groups in total. The van der Waals surface area contributed by atoms with Crippen LogP contribution in [-0.4, -0.2) is 29.8 Å². The molecule has 0 atom stereocenters. The van der Waals surface area contributed by atoms with E-state index in [-0.39, 0.29) is 6.61 Å². The molecule has 0 heterocycles. The van der Waals surface area contributed by atoms with E-state index in [1.165, 1.54) is 0 Å². The molecule has 4 nitrogen and oxygen atoms in total. The van der Waals surface area contributed by atoms with E-state index in [1.54, 1.807) is 13.8 Å². The van der Waals surface area contributed by atoms with Gasteiger partial charge in [0, 0.05) is 5.54 Å². The lowest BCUT2D eigenvalue weighted by Crippen LogP contribution is -2.39. The first-order valence-corrected chi connectivity index (χ1v) is 4.25. The number of carboxylic acids is 1. The van der Waals surface area contributed by atoms with Crippen LogP contribution in [-0.2, 0) is 9.53 Å². The molecule has 0 aromatic carbocycles. The number of carboxylic acid groups (broad SMARTS) is 1. The zero-order chi connectivity index (χ0) is 10.7. The molecule has 0 rings (SSSR count). The molecule has 0 aliphatic heterocycles. The van der Waals surface area contributed by atoms with Gasteiger partial charge < -0.3 is 15.6 Å². The number of hydrogen-bond donors (Lipinski definition) is 2.